The maximum Gasteiger partial charge on any atom is 0.133 e. The van der Waals surface area contributed by atoms with Crippen molar-refractivity contribution in [3.63, 3.8) is 0 Å². The second-order valence-electron chi connectivity index (χ2n) is 4.71. The number of rotatable bonds is 5. The zero-order valence-corrected chi connectivity index (χ0v) is 11.6. The van der Waals surface area contributed by atoms with E-state index in [1.54, 1.807) is 12.4 Å². The van der Waals surface area contributed by atoms with Gasteiger partial charge in [-0.25, -0.2) is 19.9 Å². The monoisotopic (exact) mass is 257 g/mol. The second-order valence-corrected chi connectivity index (χ2v) is 4.71. The zero-order chi connectivity index (χ0) is 13.7. The molecule has 0 aliphatic heterocycles. The summed E-state index contributed by atoms with van der Waals surface area (Å²) < 4.78 is 0. The molecule has 0 saturated heterocycles. The molecule has 0 atom stereocenters. The summed E-state index contributed by atoms with van der Waals surface area (Å²) in [6, 6.07) is 1.94. The van der Waals surface area contributed by atoms with E-state index in [-0.39, 0.29) is 5.92 Å². The average molecular weight is 257 g/mol. The van der Waals surface area contributed by atoms with E-state index in [2.05, 4.69) is 46.0 Å². The summed E-state index contributed by atoms with van der Waals surface area (Å²) >= 11 is 0. The summed E-state index contributed by atoms with van der Waals surface area (Å²) in [7, 11) is 0. The topological polar surface area (TPSA) is 63.6 Å². The lowest BCUT2D eigenvalue weighted by Gasteiger charge is -2.11. The molecule has 0 fully saturated rings. The molecule has 0 aliphatic rings. The predicted molar refractivity (Wildman–Crippen MR) is 75.9 cm³/mol. The van der Waals surface area contributed by atoms with Crippen molar-refractivity contribution in [3.8, 4) is 11.3 Å². The van der Waals surface area contributed by atoms with Gasteiger partial charge in [0.1, 0.15) is 18.0 Å². The Morgan fingerprint density at radius 1 is 1.16 bits per heavy atom. The van der Waals surface area contributed by atoms with E-state index < -0.39 is 0 Å². The molecule has 2 heterocycles. The Hall–Kier alpha value is -2.04. The summed E-state index contributed by atoms with van der Waals surface area (Å²) in [5, 5.41) is 3.31. The highest BCUT2D eigenvalue weighted by molar-refractivity contribution is 5.60. The maximum atomic E-state index is 4.58. The fourth-order valence-electron chi connectivity index (χ4n) is 1.65. The van der Waals surface area contributed by atoms with E-state index in [1.165, 1.54) is 6.33 Å². The molecule has 100 valence electrons. The van der Waals surface area contributed by atoms with Gasteiger partial charge < -0.3 is 5.32 Å². The molecule has 2 aromatic heterocycles. The van der Waals surface area contributed by atoms with Gasteiger partial charge in [-0.05, 0) is 6.42 Å². The van der Waals surface area contributed by atoms with Gasteiger partial charge in [0, 0.05) is 36.5 Å². The highest BCUT2D eigenvalue weighted by atomic mass is 15.0. The third kappa shape index (κ3) is 3.47. The molecule has 0 bridgehead atoms. The molecule has 0 aromatic carbocycles. The number of nitrogens with one attached hydrogen (secondary N) is 1. The van der Waals surface area contributed by atoms with Crippen LogP contribution >= 0.6 is 0 Å². The van der Waals surface area contributed by atoms with Crippen molar-refractivity contribution in [2.45, 2.75) is 33.1 Å². The minimum absolute atomic E-state index is 0.284. The Bertz CT molecular complexity index is 525. The van der Waals surface area contributed by atoms with Crippen LogP contribution in [0.15, 0.2) is 24.8 Å². The predicted octanol–water partition coefficient (Wildman–Crippen LogP) is 2.88. The van der Waals surface area contributed by atoms with Crippen LogP contribution in [0.5, 0.6) is 0 Å². The Balaban J connectivity index is 2.39. The summed E-state index contributed by atoms with van der Waals surface area (Å²) in [5.74, 6) is 1.98. The first kappa shape index (κ1) is 13.4. The fourth-order valence-corrected chi connectivity index (χ4v) is 1.65. The Labute approximate surface area is 113 Å². The molecule has 0 aliphatic carbocycles. The third-order valence-corrected chi connectivity index (χ3v) is 2.67. The van der Waals surface area contributed by atoms with Gasteiger partial charge in [0.2, 0.25) is 0 Å². The standard InChI is InChI=1S/C14H19N5/c1-4-5-17-13-6-12(11-7-15-9-16-8-11)18-14(19-13)10(2)3/h6-10H,4-5H2,1-3H3,(H,17,18,19). The number of hydrogen-bond acceptors (Lipinski definition) is 5. The normalized spacial score (nSPS) is 10.7. The SMILES string of the molecule is CCCNc1cc(-c2cncnc2)nc(C(C)C)n1. The molecule has 0 unspecified atom stereocenters. The highest BCUT2D eigenvalue weighted by Gasteiger charge is 2.09. The maximum absolute atomic E-state index is 4.58. The molecule has 2 rings (SSSR count). The quantitative estimate of drug-likeness (QED) is 0.892. The summed E-state index contributed by atoms with van der Waals surface area (Å²) in [6.45, 7) is 7.21. The van der Waals surface area contributed by atoms with Gasteiger partial charge in [-0.3, -0.25) is 0 Å². The van der Waals surface area contributed by atoms with Crippen molar-refractivity contribution in [3.05, 3.63) is 30.6 Å². The van der Waals surface area contributed by atoms with Crippen LogP contribution in [0.3, 0.4) is 0 Å². The van der Waals surface area contributed by atoms with Gasteiger partial charge in [-0.1, -0.05) is 20.8 Å². The minimum atomic E-state index is 0.284. The van der Waals surface area contributed by atoms with Crippen LogP contribution < -0.4 is 5.32 Å². The number of hydrogen-bond donors (Lipinski definition) is 1. The summed E-state index contributed by atoms with van der Waals surface area (Å²) in [6.07, 6.45) is 6.11. The second kappa shape index (κ2) is 6.22. The lowest BCUT2D eigenvalue weighted by Crippen LogP contribution is -2.07. The first-order valence-corrected chi connectivity index (χ1v) is 6.59. The molecule has 2 aromatic rings. The van der Waals surface area contributed by atoms with E-state index in [9.17, 15) is 0 Å². The van der Waals surface area contributed by atoms with Crippen molar-refractivity contribution in [2.75, 3.05) is 11.9 Å². The molecule has 0 radical (unpaired) electrons. The average Bonchev–Trinajstić information content (AvgIpc) is 2.45. The van der Waals surface area contributed by atoms with E-state index in [0.717, 1.165) is 35.9 Å². The van der Waals surface area contributed by atoms with Gasteiger partial charge in [-0.2, -0.15) is 0 Å². The van der Waals surface area contributed by atoms with Crippen LogP contribution in [0.4, 0.5) is 5.82 Å². The molecule has 5 nitrogen and oxygen atoms in total. The molecule has 0 spiro atoms. The smallest absolute Gasteiger partial charge is 0.133 e. The number of anilines is 1. The van der Waals surface area contributed by atoms with Crippen molar-refractivity contribution < 1.29 is 0 Å². The van der Waals surface area contributed by atoms with Gasteiger partial charge >= 0.3 is 0 Å². The zero-order valence-electron chi connectivity index (χ0n) is 11.6. The third-order valence-electron chi connectivity index (χ3n) is 2.67. The van der Waals surface area contributed by atoms with Crippen molar-refractivity contribution in [1.29, 1.82) is 0 Å². The molecule has 0 saturated carbocycles. The lowest BCUT2D eigenvalue weighted by atomic mass is 10.2. The number of aromatic nitrogens is 4. The van der Waals surface area contributed by atoms with Gasteiger partial charge in [0.05, 0.1) is 5.69 Å². The van der Waals surface area contributed by atoms with Crippen LogP contribution in [0.1, 0.15) is 38.9 Å². The lowest BCUT2D eigenvalue weighted by molar-refractivity contribution is 0.775. The largest absolute Gasteiger partial charge is 0.370 e. The Morgan fingerprint density at radius 3 is 2.53 bits per heavy atom. The van der Waals surface area contributed by atoms with E-state index >= 15 is 0 Å². The highest BCUT2D eigenvalue weighted by Crippen LogP contribution is 2.21. The fraction of sp³-hybridized carbons (Fsp3) is 0.429. The molecule has 0 amide bonds. The van der Waals surface area contributed by atoms with Crippen LogP contribution in [0.25, 0.3) is 11.3 Å². The van der Waals surface area contributed by atoms with Gasteiger partial charge in [0.15, 0.2) is 0 Å². The molecular formula is C14H19N5. The van der Waals surface area contributed by atoms with Crippen molar-refractivity contribution in [1.82, 2.24) is 19.9 Å². The first-order chi connectivity index (χ1) is 9.20. The minimum Gasteiger partial charge on any atom is -0.370 e. The molecule has 19 heavy (non-hydrogen) atoms. The van der Waals surface area contributed by atoms with Crippen molar-refractivity contribution in [2.24, 2.45) is 0 Å². The Morgan fingerprint density at radius 2 is 1.89 bits per heavy atom. The summed E-state index contributed by atoms with van der Waals surface area (Å²) in [4.78, 5) is 17.2. The van der Waals surface area contributed by atoms with Gasteiger partial charge in [-0.15, -0.1) is 0 Å². The van der Waals surface area contributed by atoms with E-state index in [0.29, 0.717) is 0 Å². The molecule has 1 N–H and O–H groups in total. The number of nitrogens with zero attached hydrogens (tertiary/aromatic N) is 4. The van der Waals surface area contributed by atoms with Crippen molar-refractivity contribution >= 4 is 5.82 Å². The van der Waals surface area contributed by atoms with E-state index in [1.807, 2.05) is 6.07 Å². The van der Waals surface area contributed by atoms with E-state index in [4.69, 9.17) is 0 Å². The summed E-state index contributed by atoms with van der Waals surface area (Å²) in [5.41, 5.74) is 1.77. The molecule has 5 heteroatoms. The van der Waals surface area contributed by atoms with Crippen LogP contribution in [0.2, 0.25) is 0 Å². The van der Waals surface area contributed by atoms with Crippen LogP contribution in [0, 0.1) is 0 Å². The first-order valence-electron chi connectivity index (χ1n) is 6.59. The Kier molecular flexibility index (Phi) is 4.39. The van der Waals surface area contributed by atoms with Gasteiger partial charge in [0.25, 0.3) is 0 Å². The molecular weight excluding hydrogens is 238 g/mol. The van der Waals surface area contributed by atoms with Crippen LogP contribution in [-0.2, 0) is 0 Å². The van der Waals surface area contributed by atoms with Crippen LogP contribution in [-0.4, -0.2) is 26.5 Å².